The molecule has 0 saturated carbocycles. The molecule has 6 nitrogen and oxygen atoms in total. The van der Waals surface area contributed by atoms with E-state index in [9.17, 15) is 0 Å². The Morgan fingerprint density at radius 3 is 2.10 bits per heavy atom. The molecule has 146 valence electrons. The Bertz CT molecular complexity index is 1270. The zero-order chi connectivity index (χ0) is 20.0. The predicted octanol–water partition coefficient (Wildman–Crippen LogP) is 4.28. The van der Waals surface area contributed by atoms with Gasteiger partial charge in [0, 0.05) is 11.8 Å². The maximum absolute atomic E-state index is 6.53. The molecule has 1 aliphatic rings. The molecule has 6 heteroatoms. The summed E-state index contributed by atoms with van der Waals surface area (Å²) in [4.78, 5) is 6.50. The molecule has 0 amide bonds. The molecule has 3 heterocycles. The van der Waals surface area contributed by atoms with Crippen molar-refractivity contribution in [1.82, 2.24) is 24.5 Å². The van der Waals surface area contributed by atoms with E-state index >= 15 is 0 Å². The summed E-state index contributed by atoms with van der Waals surface area (Å²) in [5.41, 5.74) is 4.21. The van der Waals surface area contributed by atoms with E-state index < -0.39 is 5.60 Å². The molecule has 1 unspecified atom stereocenters. The van der Waals surface area contributed by atoms with E-state index in [0.29, 0.717) is 19.1 Å². The van der Waals surface area contributed by atoms with Crippen LogP contribution in [0, 0.1) is 0 Å². The van der Waals surface area contributed by atoms with E-state index in [0.717, 1.165) is 27.9 Å². The van der Waals surface area contributed by atoms with Crippen molar-refractivity contribution < 1.29 is 4.74 Å². The molecular formula is C24H19N5O. The Hall–Kier alpha value is -3.93. The van der Waals surface area contributed by atoms with E-state index in [2.05, 4.69) is 45.2 Å². The number of fused-ring (bicyclic) bond motifs is 2. The van der Waals surface area contributed by atoms with Crippen molar-refractivity contribution in [2.24, 2.45) is 0 Å². The molecule has 2 aromatic heterocycles. The molecule has 30 heavy (non-hydrogen) atoms. The number of hydrogen-bond donors (Lipinski definition) is 0. The summed E-state index contributed by atoms with van der Waals surface area (Å²) in [6.45, 7) is 1.14. The number of hydrogen-bond acceptors (Lipinski definition) is 4. The first-order valence-corrected chi connectivity index (χ1v) is 9.96. The zero-order valence-electron chi connectivity index (χ0n) is 16.2. The minimum atomic E-state index is -0.617. The van der Waals surface area contributed by atoms with E-state index in [1.54, 1.807) is 4.80 Å². The van der Waals surface area contributed by atoms with E-state index in [1.807, 2.05) is 60.7 Å². The van der Waals surface area contributed by atoms with Gasteiger partial charge in [-0.15, -0.1) is 0 Å². The first-order chi connectivity index (χ1) is 14.8. The van der Waals surface area contributed by atoms with Gasteiger partial charge >= 0.3 is 0 Å². The Kier molecular flexibility index (Phi) is 3.71. The topological polar surface area (TPSA) is 57.8 Å². The first kappa shape index (κ1) is 17.0. The summed E-state index contributed by atoms with van der Waals surface area (Å²) in [5, 5.41) is 9.31. The average molecular weight is 393 g/mol. The highest BCUT2D eigenvalue weighted by Gasteiger charge is 2.43. The van der Waals surface area contributed by atoms with Crippen LogP contribution >= 0.6 is 0 Å². The predicted molar refractivity (Wildman–Crippen MR) is 114 cm³/mol. The highest BCUT2D eigenvalue weighted by molar-refractivity contribution is 5.73. The number of ether oxygens (including phenoxy) is 1. The van der Waals surface area contributed by atoms with Gasteiger partial charge < -0.3 is 4.74 Å². The minimum Gasteiger partial charge on any atom is -0.449 e. The van der Waals surface area contributed by atoms with E-state index in [-0.39, 0.29) is 0 Å². The third-order valence-corrected chi connectivity index (χ3v) is 5.55. The number of benzene rings is 3. The average Bonchev–Trinajstić information content (AvgIpc) is 3.46. The second-order valence-electron chi connectivity index (χ2n) is 7.58. The van der Waals surface area contributed by atoms with E-state index in [1.165, 1.54) is 0 Å². The van der Waals surface area contributed by atoms with Gasteiger partial charge in [-0.3, -0.25) is 4.57 Å². The zero-order valence-corrected chi connectivity index (χ0v) is 16.2. The molecule has 0 N–H and O–H groups in total. The molecule has 0 spiro atoms. The van der Waals surface area contributed by atoms with Crippen LogP contribution in [0.5, 0.6) is 6.01 Å². The molecule has 3 aromatic carbocycles. The monoisotopic (exact) mass is 393 g/mol. The minimum absolute atomic E-state index is 0.496. The van der Waals surface area contributed by atoms with Crippen LogP contribution in [0.15, 0.2) is 91.1 Å². The summed E-state index contributed by atoms with van der Waals surface area (Å²) in [6.07, 6.45) is 2.06. The fraction of sp³-hybridized carbons (Fsp3) is 0.125. The van der Waals surface area contributed by atoms with Gasteiger partial charge in [0.15, 0.2) is 5.60 Å². The Morgan fingerprint density at radius 2 is 1.43 bits per heavy atom. The van der Waals surface area contributed by atoms with Gasteiger partial charge in [-0.1, -0.05) is 72.8 Å². The number of imidazole rings is 1. The first-order valence-electron chi connectivity index (χ1n) is 9.96. The lowest BCUT2D eigenvalue weighted by molar-refractivity contribution is 0.0569. The van der Waals surface area contributed by atoms with Crippen LogP contribution in [0.4, 0.5) is 0 Å². The normalized spacial score (nSPS) is 17.7. The fourth-order valence-electron chi connectivity index (χ4n) is 4.09. The fourth-order valence-corrected chi connectivity index (χ4v) is 4.09. The summed E-state index contributed by atoms with van der Waals surface area (Å²) in [5.74, 6) is 0. The Labute approximate surface area is 173 Å². The van der Waals surface area contributed by atoms with Crippen molar-refractivity contribution in [1.29, 1.82) is 0 Å². The van der Waals surface area contributed by atoms with Gasteiger partial charge in [0.2, 0.25) is 0 Å². The smallest absolute Gasteiger partial charge is 0.298 e. The second-order valence-corrected chi connectivity index (χ2v) is 7.58. The lowest BCUT2D eigenvalue weighted by Gasteiger charge is -2.27. The van der Waals surface area contributed by atoms with Crippen LogP contribution in [0.3, 0.4) is 0 Å². The highest BCUT2D eigenvalue weighted by atomic mass is 16.5. The maximum Gasteiger partial charge on any atom is 0.298 e. The lowest BCUT2D eigenvalue weighted by atomic mass is 9.94. The molecular weight excluding hydrogens is 374 g/mol. The van der Waals surface area contributed by atoms with Gasteiger partial charge in [-0.05, 0) is 17.7 Å². The van der Waals surface area contributed by atoms with Gasteiger partial charge in [0.1, 0.15) is 17.6 Å². The van der Waals surface area contributed by atoms with Gasteiger partial charge in [-0.2, -0.15) is 20.0 Å². The summed E-state index contributed by atoms with van der Waals surface area (Å²) in [6, 6.07) is 28.9. The SMILES string of the molecule is c1ccc(-c2cn3c(n2)OC(Cn2nc4ccccc4n2)(c2ccccc2)C3)cc1. The third kappa shape index (κ3) is 2.76. The van der Waals surface area contributed by atoms with Crippen LogP contribution in [0.25, 0.3) is 22.3 Å². The molecule has 6 rings (SSSR count). The Balaban J connectivity index is 1.39. The lowest BCUT2D eigenvalue weighted by Crippen LogP contribution is -2.38. The van der Waals surface area contributed by atoms with Crippen molar-refractivity contribution in [3.8, 4) is 17.3 Å². The standard InChI is InChI=1S/C24H19N5O/c1-3-9-18(10-4-1)22-15-28-16-24(30-23(28)25-22,19-11-5-2-6-12-19)17-29-26-20-13-7-8-14-21(20)27-29/h1-15H,16-17H2. The van der Waals surface area contributed by atoms with Crippen molar-refractivity contribution in [2.45, 2.75) is 18.7 Å². The van der Waals surface area contributed by atoms with Crippen molar-refractivity contribution >= 4 is 11.0 Å². The molecule has 1 atom stereocenters. The summed E-state index contributed by atoms with van der Waals surface area (Å²) in [7, 11) is 0. The van der Waals surface area contributed by atoms with Gasteiger partial charge in [-0.25, -0.2) is 0 Å². The molecule has 0 bridgehead atoms. The summed E-state index contributed by atoms with van der Waals surface area (Å²) < 4.78 is 8.62. The maximum atomic E-state index is 6.53. The van der Waals surface area contributed by atoms with E-state index in [4.69, 9.17) is 9.72 Å². The molecule has 0 aliphatic carbocycles. The Morgan fingerprint density at radius 1 is 0.800 bits per heavy atom. The van der Waals surface area contributed by atoms with Crippen LogP contribution in [-0.2, 0) is 18.7 Å². The van der Waals surface area contributed by atoms with Crippen molar-refractivity contribution in [3.63, 3.8) is 0 Å². The highest BCUT2D eigenvalue weighted by Crippen LogP contribution is 2.39. The molecule has 1 aliphatic heterocycles. The van der Waals surface area contributed by atoms with Gasteiger partial charge in [0.05, 0.1) is 12.2 Å². The van der Waals surface area contributed by atoms with Crippen molar-refractivity contribution in [3.05, 3.63) is 96.7 Å². The number of rotatable bonds is 4. The third-order valence-electron chi connectivity index (χ3n) is 5.55. The molecule has 0 saturated heterocycles. The molecule has 0 fully saturated rings. The van der Waals surface area contributed by atoms with Gasteiger partial charge in [0.25, 0.3) is 6.01 Å². The quantitative estimate of drug-likeness (QED) is 0.457. The van der Waals surface area contributed by atoms with Crippen LogP contribution in [0.2, 0.25) is 0 Å². The van der Waals surface area contributed by atoms with Crippen LogP contribution in [0.1, 0.15) is 5.56 Å². The number of aromatic nitrogens is 5. The van der Waals surface area contributed by atoms with Crippen LogP contribution in [-0.4, -0.2) is 24.5 Å². The number of nitrogens with zero attached hydrogens (tertiary/aromatic N) is 5. The molecule has 0 radical (unpaired) electrons. The molecule has 5 aromatic rings. The van der Waals surface area contributed by atoms with Crippen LogP contribution < -0.4 is 4.74 Å². The van der Waals surface area contributed by atoms with Crippen molar-refractivity contribution in [2.75, 3.05) is 0 Å². The summed E-state index contributed by atoms with van der Waals surface area (Å²) >= 11 is 0. The largest absolute Gasteiger partial charge is 0.449 e. The second kappa shape index (κ2) is 6.56.